The first-order valence-corrected chi connectivity index (χ1v) is 11.9. The second-order valence-electron chi connectivity index (χ2n) is 9.24. The van der Waals surface area contributed by atoms with Crippen LogP contribution in [0.4, 0.5) is 31.1 Å². The Morgan fingerprint density at radius 3 is 2.20 bits per heavy atom. The van der Waals surface area contributed by atoms with Crippen LogP contribution in [-0.2, 0) is 22.4 Å². The first kappa shape index (κ1) is 30.6. The van der Waals surface area contributed by atoms with Crippen LogP contribution in [0.15, 0.2) is 48.6 Å². The summed E-state index contributed by atoms with van der Waals surface area (Å²) < 4.78 is 85.1. The fraction of sp³-hybridized carbons (Fsp3) is 0.385. The van der Waals surface area contributed by atoms with Crippen LogP contribution in [0.1, 0.15) is 37.0 Å². The lowest BCUT2D eigenvalue weighted by Gasteiger charge is -2.33. The SMILES string of the molecule is CCCc1cc(C(O)(C(F)(F)F)C(F)(F)F)ccc1OC/C=C\CN1C(=O)NC(C)(c2ccc(O)c(O)c2)C1=O. The van der Waals surface area contributed by atoms with E-state index in [-0.39, 0.29) is 36.4 Å². The minimum absolute atomic E-state index is 0.00310. The first-order chi connectivity index (χ1) is 18.5. The van der Waals surface area contributed by atoms with E-state index in [4.69, 9.17) is 4.74 Å². The Morgan fingerprint density at radius 1 is 0.975 bits per heavy atom. The highest BCUT2D eigenvalue weighted by atomic mass is 19.4. The number of aryl methyl sites for hydroxylation is 1. The average Bonchev–Trinajstić information content (AvgIpc) is 3.08. The van der Waals surface area contributed by atoms with Crippen LogP contribution >= 0.6 is 0 Å². The zero-order chi connectivity index (χ0) is 30.1. The summed E-state index contributed by atoms with van der Waals surface area (Å²) in [6, 6.07) is 4.96. The van der Waals surface area contributed by atoms with E-state index < -0.39 is 52.5 Å². The molecule has 40 heavy (non-hydrogen) atoms. The topological polar surface area (TPSA) is 119 Å². The Hall–Kier alpha value is -3.94. The van der Waals surface area contributed by atoms with Crippen molar-refractivity contribution in [3.63, 3.8) is 0 Å². The molecule has 1 aliphatic heterocycles. The summed E-state index contributed by atoms with van der Waals surface area (Å²) in [5.74, 6) is -1.53. The number of alkyl halides is 6. The maximum Gasteiger partial charge on any atom is 0.430 e. The van der Waals surface area contributed by atoms with Crippen molar-refractivity contribution in [2.24, 2.45) is 0 Å². The summed E-state index contributed by atoms with van der Waals surface area (Å²) in [6.45, 7) is 2.68. The van der Waals surface area contributed by atoms with Gasteiger partial charge in [0.25, 0.3) is 11.5 Å². The molecular formula is C26H26F6N2O6. The van der Waals surface area contributed by atoms with Crippen LogP contribution in [0.3, 0.4) is 0 Å². The molecule has 0 bridgehead atoms. The van der Waals surface area contributed by atoms with Gasteiger partial charge in [-0.3, -0.25) is 9.69 Å². The molecule has 3 rings (SSSR count). The van der Waals surface area contributed by atoms with Crippen LogP contribution < -0.4 is 10.1 Å². The van der Waals surface area contributed by atoms with Crippen LogP contribution in [0.5, 0.6) is 17.2 Å². The van der Waals surface area contributed by atoms with Gasteiger partial charge in [0.05, 0.1) is 0 Å². The largest absolute Gasteiger partial charge is 0.504 e. The summed E-state index contributed by atoms with van der Waals surface area (Å²) in [7, 11) is 0. The molecule has 1 heterocycles. The molecule has 8 nitrogen and oxygen atoms in total. The van der Waals surface area contributed by atoms with Crippen molar-refractivity contribution in [3.05, 3.63) is 65.2 Å². The number of halogens is 6. The van der Waals surface area contributed by atoms with Gasteiger partial charge in [0.1, 0.15) is 17.9 Å². The summed E-state index contributed by atoms with van der Waals surface area (Å²) >= 11 is 0. The number of nitrogens with one attached hydrogen (secondary N) is 1. The molecule has 218 valence electrons. The van der Waals surface area contributed by atoms with Gasteiger partial charge in [0.15, 0.2) is 11.5 Å². The van der Waals surface area contributed by atoms with Crippen LogP contribution in [0, 0.1) is 0 Å². The van der Waals surface area contributed by atoms with Gasteiger partial charge >= 0.3 is 18.4 Å². The lowest BCUT2D eigenvalue weighted by molar-refractivity contribution is -0.376. The van der Waals surface area contributed by atoms with Crippen LogP contribution in [0.25, 0.3) is 0 Å². The smallest absolute Gasteiger partial charge is 0.430 e. The third kappa shape index (κ3) is 5.53. The monoisotopic (exact) mass is 576 g/mol. The van der Waals surface area contributed by atoms with E-state index in [0.29, 0.717) is 18.6 Å². The quantitative estimate of drug-likeness (QED) is 0.148. The van der Waals surface area contributed by atoms with E-state index in [1.165, 1.54) is 31.2 Å². The minimum atomic E-state index is -6.02. The van der Waals surface area contributed by atoms with Gasteiger partial charge in [0, 0.05) is 12.1 Å². The zero-order valence-electron chi connectivity index (χ0n) is 21.2. The van der Waals surface area contributed by atoms with Crippen molar-refractivity contribution in [3.8, 4) is 17.2 Å². The number of aromatic hydroxyl groups is 2. The summed E-state index contributed by atoms with van der Waals surface area (Å²) in [5, 5.41) is 31.4. The zero-order valence-corrected chi connectivity index (χ0v) is 21.2. The molecular weight excluding hydrogens is 550 g/mol. The number of ether oxygens (including phenoxy) is 1. The summed E-state index contributed by atoms with van der Waals surface area (Å²) in [6.07, 6.45) is -8.82. The lowest BCUT2D eigenvalue weighted by atomic mass is 9.90. The number of rotatable bonds is 9. The molecule has 14 heteroatoms. The highest BCUT2D eigenvalue weighted by molar-refractivity contribution is 6.07. The number of carbonyl (C=O) groups is 2. The molecule has 0 aromatic heterocycles. The number of imide groups is 1. The standard InChI is InChI=1S/C26H26F6N2O6/c1-3-6-15-13-17(24(39,25(27,28)29)26(30,31)32)8-10-20(15)40-12-5-4-11-34-21(37)23(2,33-22(34)38)16-7-9-18(35)19(36)14-16/h4-5,7-10,13-14,35-36,39H,3,6,11-12H2,1-2H3,(H,33,38)/b5-4-. The summed E-state index contributed by atoms with van der Waals surface area (Å²) in [4.78, 5) is 26.2. The fourth-order valence-electron chi connectivity index (χ4n) is 4.18. The predicted octanol–water partition coefficient (Wildman–Crippen LogP) is 4.76. The van der Waals surface area contributed by atoms with Gasteiger partial charge in [-0.05, 0) is 54.8 Å². The molecule has 0 spiro atoms. The molecule has 1 saturated heterocycles. The van der Waals surface area contributed by atoms with Gasteiger partial charge in [-0.15, -0.1) is 0 Å². The molecule has 0 saturated carbocycles. The molecule has 3 amide bonds. The number of urea groups is 1. The molecule has 0 radical (unpaired) electrons. The van der Waals surface area contributed by atoms with Crippen molar-refractivity contribution in [1.29, 1.82) is 0 Å². The van der Waals surface area contributed by atoms with Gasteiger partial charge in [-0.1, -0.05) is 31.6 Å². The number of phenols is 2. The molecule has 2 aromatic carbocycles. The third-order valence-corrected chi connectivity index (χ3v) is 6.44. The third-order valence-electron chi connectivity index (χ3n) is 6.44. The maximum absolute atomic E-state index is 13.3. The van der Waals surface area contributed by atoms with Gasteiger partial charge in [-0.2, -0.15) is 26.3 Å². The number of carbonyl (C=O) groups excluding carboxylic acids is 2. The molecule has 2 aromatic rings. The highest BCUT2D eigenvalue weighted by Crippen LogP contribution is 2.50. The minimum Gasteiger partial charge on any atom is -0.504 e. The van der Waals surface area contributed by atoms with E-state index in [1.807, 2.05) is 0 Å². The van der Waals surface area contributed by atoms with Gasteiger partial charge < -0.3 is 25.4 Å². The highest BCUT2D eigenvalue weighted by Gasteiger charge is 2.71. The van der Waals surface area contributed by atoms with Crippen LogP contribution in [0.2, 0.25) is 0 Å². The predicted molar refractivity (Wildman–Crippen MR) is 128 cm³/mol. The normalized spacial score (nSPS) is 18.5. The number of nitrogens with zero attached hydrogens (tertiary/aromatic N) is 1. The van der Waals surface area contributed by atoms with Gasteiger partial charge in [-0.25, -0.2) is 4.79 Å². The second-order valence-corrected chi connectivity index (χ2v) is 9.24. The molecule has 4 N–H and O–H groups in total. The number of amides is 3. The van der Waals surface area contributed by atoms with E-state index in [9.17, 15) is 51.3 Å². The fourth-order valence-corrected chi connectivity index (χ4v) is 4.18. The molecule has 1 aliphatic rings. The Labute approximate surface area is 224 Å². The maximum atomic E-state index is 13.3. The van der Waals surface area contributed by atoms with Crippen molar-refractivity contribution < 1.29 is 56.0 Å². The number of hydrogen-bond acceptors (Lipinski definition) is 6. The van der Waals surface area contributed by atoms with Gasteiger partial charge in [0.2, 0.25) is 0 Å². The average molecular weight is 576 g/mol. The summed E-state index contributed by atoms with van der Waals surface area (Å²) in [5.41, 5.74) is -7.72. The molecule has 1 unspecified atom stereocenters. The Bertz CT molecular complexity index is 1300. The van der Waals surface area contributed by atoms with Crippen molar-refractivity contribution in [1.82, 2.24) is 10.2 Å². The van der Waals surface area contributed by atoms with Crippen molar-refractivity contribution in [2.75, 3.05) is 13.2 Å². The number of hydrogen-bond donors (Lipinski definition) is 4. The molecule has 1 atom stereocenters. The van der Waals surface area contributed by atoms with E-state index in [0.717, 1.165) is 17.0 Å². The Balaban J connectivity index is 1.71. The van der Waals surface area contributed by atoms with Crippen molar-refractivity contribution >= 4 is 11.9 Å². The van der Waals surface area contributed by atoms with E-state index >= 15 is 0 Å². The number of aliphatic hydroxyl groups is 1. The molecule has 0 aliphatic carbocycles. The Morgan fingerprint density at radius 2 is 1.62 bits per heavy atom. The molecule has 1 fully saturated rings. The first-order valence-electron chi connectivity index (χ1n) is 11.9. The lowest BCUT2D eigenvalue weighted by Crippen LogP contribution is -2.53. The number of benzene rings is 2. The number of phenolic OH excluding ortho intramolecular Hbond substituents is 2. The Kier molecular flexibility index (Phi) is 8.35. The van der Waals surface area contributed by atoms with E-state index in [2.05, 4.69) is 5.32 Å². The second kappa shape index (κ2) is 10.9. The van der Waals surface area contributed by atoms with Crippen LogP contribution in [-0.4, -0.2) is 57.7 Å². The van der Waals surface area contributed by atoms with E-state index in [1.54, 1.807) is 6.92 Å². The van der Waals surface area contributed by atoms with Crippen molar-refractivity contribution in [2.45, 2.75) is 50.2 Å².